The van der Waals surface area contributed by atoms with E-state index in [0.29, 0.717) is 6.61 Å². The summed E-state index contributed by atoms with van der Waals surface area (Å²) in [6.07, 6.45) is 32.3. The van der Waals surface area contributed by atoms with Gasteiger partial charge in [-0.1, -0.05) is 136 Å². The first-order valence-electron chi connectivity index (χ1n) is 16.6. The van der Waals surface area contributed by atoms with Gasteiger partial charge in [-0.25, -0.2) is 4.57 Å². The van der Waals surface area contributed by atoms with E-state index in [2.05, 4.69) is 31.3 Å². The molecule has 2 N–H and O–H groups in total. The monoisotopic (exact) mass is 561 g/mol. The van der Waals surface area contributed by atoms with Crippen molar-refractivity contribution in [3.05, 3.63) is 12.2 Å². The minimum atomic E-state index is -3.89. The van der Waals surface area contributed by atoms with Crippen LogP contribution in [0.4, 0.5) is 0 Å². The van der Waals surface area contributed by atoms with Crippen molar-refractivity contribution in [1.29, 1.82) is 0 Å². The van der Waals surface area contributed by atoms with E-state index in [0.717, 1.165) is 32.4 Å². The predicted molar refractivity (Wildman–Crippen MR) is 168 cm³/mol. The fourth-order valence-corrected chi connectivity index (χ4v) is 5.07. The van der Waals surface area contributed by atoms with E-state index >= 15 is 0 Å². The summed E-state index contributed by atoms with van der Waals surface area (Å²) in [5, 5.41) is 3.32. The molecule has 6 heteroatoms. The van der Waals surface area contributed by atoms with E-state index in [1.807, 2.05) is 13.8 Å². The molecule has 0 aliphatic carbocycles. The molecule has 5 nitrogen and oxygen atoms in total. The quantitative estimate of drug-likeness (QED) is 0.0518. The normalized spacial score (nSPS) is 13.0. The molecule has 0 bridgehead atoms. The van der Waals surface area contributed by atoms with Crippen molar-refractivity contribution >= 4 is 7.82 Å². The lowest BCUT2D eigenvalue weighted by molar-refractivity contribution is 0.146. The fourth-order valence-electron chi connectivity index (χ4n) is 4.28. The third kappa shape index (κ3) is 35.8. The highest BCUT2D eigenvalue weighted by atomic mass is 31.2. The van der Waals surface area contributed by atoms with Gasteiger partial charge in [0.25, 0.3) is 0 Å². The molecule has 0 fully saturated rings. The Labute approximate surface area is 238 Å². The van der Waals surface area contributed by atoms with Crippen LogP contribution >= 0.6 is 7.82 Å². The average Bonchev–Trinajstić information content (AvgIpc) is 2.92. The summed E-state index contributed by atoms with van der Waals surface area (Å²) >= 11 is 0. The molecule has 0 radical (unpaired) electrons. The molecule has 0 aromatic heterocycles. The van der Waals surface area contributed by atoms with E-state index in [1.165, 1.54) is 122 Å². The van der Waals surface area contributed by atoms with Crippen molar-refractivity contribution in [2.75, 3.05) is 26.3 Å². The maximum atomic E-state index is 11.9. The Morgan fingerprint density at radius 2 is 0.921 bits per heavy atom. The summed E-state index contributed by atoms with van der Waals surface area (Å²) < 4.78 is 22.0. The Morgan fingerprint density at radius 3 is 1.42 bits per heavy atom. The van der Waals surface area contributed by atoms with E-state index in [-0.39, 0.29) is 6.61 Å². The van der Waals surface area contributed by atoms with Crippen molar-refractivity contribution in [3.63, 3.8) is 0 Å². The molecular weight excluding hydrogens is 493 g/mol. The minimum Gasteiger partial charge on any atom is -0.317 e. The van der Waals surface area contributed by atoms with Gasteiger partial charge >= 0.3 is 7.82 Å². The number of phosphoric ester groups is 1. The molecule has 38 heavy (non-hydrogen) atoms. The van der Waals surface area contributed by atoms with Gasteiger partial charge in [-0.3, -0.25) is 9.05 Å². The van der Waals surface area contributed by atoms with Crippen LogP contribution in [-0.2, 0) is 13.6 Å². The lowest BCUT2D eigenvalue weighted by Crippen LogP contribution is -2.18. The van der Waals surface area contributed by atoms with E-state index in [4.69, 9.17) is 9.05 Å². The van der Waals surface area contributed by atoms with E-state index in [1.54, 1.807) is 0 Å². The van der Waals surface area contributed by atoms with Gasteiger partial charge in [0.1, 0.15) is 0 Å². The first-order chi connectivity index (χ1) is 18.6. The molecule has 0 saturated carbocycles. The maximum Gasteiger partial charge on any atom is 0.472 e. The molecule has 0 spiro atoms. The maximum absolute atomic E-state index is 11.9. The van der Waals surface area contributed by atoms with Crippen LogP contribution in [0.25, 0.3) is 0 Å². The zero-order chi connectivity index (χ0) is 28.4. The van der Waals surface area contributed by atoms with Crippen LogP contribution in [0.3, 0.4) is 0 Å². The number of hydrogen-bond donors (Lipinski definition) is 2. The van der Waals surface area contributed by atoms with Gasteiger partial charge in [-0.2, -0.15) is 0 Å². The van der Waals surface area contributed by atoms with Gasteiger partial charge in [0.05, 0.1) is 13.2 Å². The fraction of sp³-hybridized carbons (Fsp3) is 0.938. The lowest BCUT2D eigenvalue weighted by atomic mass is 10.1. The van der Waals surface area contributed by atoms with E-state index < -0.39 is 7.82 Å². The van der Waals surface area contributed by atoms with Crippen molar-refractivity contribution in [1.82, 2.24) is 5.32 Å². The summed E-state index contributed by atoms with van der Waals surface area (Å²) in [7, 11) is -3.89. The Bertz CT molecular complexity index is 502. The smallest absolute Gasteiger partial charge is 0.317 e. The van der Waals surface area contributed by atoms with Gasteiger partial charge in [-0.05, 0) is 58.0 Å². The Hall–Kier alpha value is -0.190. The Morgan fingerprint density at radius 1 is 0.553 bits per heavy atom. The Balaban J connectivity index is 0. The zero-order valence-corrected chi connectivity index (χ0v) is 27.1. The molecule has 1 atom stereocenters. The summed E-state index contributed by atoms with van der Waals surface area (Å²) in [6, 6.07) is 0. The van der Waals surface area contributed by atoms with Crippen molar-refractivity contribution in [3.8, 4) is 0 Å². The highest BCUT2D eigenvalue weighted by Gasteiger charge is 2.19. The molecule has 0 aromatic rings. The van der Waals surface area contributed by atoms with Crippen LogP contribution in [-0.4, -0.2) is 31.2 Å². The highest BCUT2D eigenvalue weighted by molar-refractivity contribution is 7.47. The molecule has 1 unspecified atom stereocenters. The Kier molecular flexibility index (Phi) is 36.6. The zero-order valence-electron chi connectivity index (χ0n) is 26.2. The molecule has 0 amide bonds. The summed E-state index contributed by atoms with van der Waals surface area (Å²) in [4.78, 5) is 9.73. The molecule has 0 rings (SSSR count). The predicted octanol–water partition coefficient (Wildman–Crippen LogP) is 10.9. The van der Waals surface area contributed by atoms with Crippen molar-refractivity contribution in [2.45, 2.75) is 169 Å². The van der Waals surface area contributed by atoms with Crippen molar-refractivity contribution < 1.29 is 18.5 Å². The number of unbranched alkanes of at least 4 members (excludes halogenated alkanes) is 18. The number of rotatable bonds is 30. The molecule has 0 aromatic carbocycles. The second kappa shape index (κ2) is 34.8. The van der Waals surface area contributed by atoms with Gasteiger partial charge in [0.15, 0.2) is 0 Å². The molecule has 230 valence electrons. The van der Waals surface area contributed by atoms with E-state index in [9.17, 15) is 9.46 Å². The van der Waals surface area contributed by atoms with Crippen LogP contribution < -0.4 is 5.32 Å². The third-order valence-electron chi connectivity index (χ3n) is 6.62. The summed E-state index contributed by atoms with van der Waals surface area (Å²) in [5.74, 6) is 0. The van der Waals surface area contributed by atoms with Crippen LogP contribution in [0.15, 0.2) is 12.2 Å². The molecule has 0 heterocycles. The molecule has 0 aliphatic heterocycles. The SMILES string of the molecule is CC.CCCCCCCC/C=C\CCCCCCCCCCCCOP(=O)(O)OCCCNCCCCC. The average molecular weight is 562 g/mol. The number of phosphoric acid groups is 1. The number of hydrogen-bond acceptors (Lipinski definition) is 4. The van der Waals surface area contributed by atoms with Crippen LogP contribution in [0.5, 0.6) is 0 Å². The highest BCUT2D eigenvalue weighted by Crippen LogP contribution is 2.43. The first kappa shape index (κ1) is 40.0. The molecular formula is C32H68NO4P. The van der Waals surface area contributed by atoms with Crippen LogP contribution in [0.1, 0.15) is 169 Å². The lowest BCUT2D eigenvalue weighted by Gasteiger charge is -2.12. The van der Waals surface area contributed by atoms with Gasteiger partial charge in [0.2, 0.25) is 0 Å². The standard InChI is InChI=1S/C30H62NO4P.C2H6/c1-3-5-7-8-9-10-11-12-13-14-15-16-17-18-19-20-21-22-23-25-29-34-36(32,33)35-30-26-28-31-27-24-6-4-2;1-2/h12-13,31H,3-11,14-30H2,1-2H3,(H,32,33);1-2H3/b13-12-;. The van der Waals surface area contributed by atoms with Crippen LogP contribution in [0.2, 0.25) is 0 Å². The number of allylic oxidation sites excluding steroid dienone is 2. The number of nitrogens with one attached hydrogen (secondary N) is 1. The third-order valence-corrected chi connectivity index (χ3v) is 7.64. The first-order valence-corrected chi connectivity index (χ1v) is 18.1. The van der Waals surface area contributed by atoms with Gasteiger partial charge in [0, 0.05) is 0 Å². The summed E-state index contributed by atoms with van der Waals surface area (Å²) in [5.41, 5.74) is 0. The topological polar surface area (TPSA) is 67.8 Å². The largest absolute Gasteiger partial charge is 0.472 e. The van der Waals surface area contributed by atoms with Gasteiger partial charge < -0.3 is 10.2 Å². The second-order valence-electron chi connectivity index (χ2n) is 10.3. The molecule has 0 aliphatic rings. The minimum absolute atomic E-state index is 0.254. The van der Waals surface area contributed by atoms with Gasteiger partial charge in [-0.15, -0.1) is 0 Å². The van der Waals surface area contributed by atoms with Crippen LogP contribution in [0, 0.1) is 0 Å². The second-order valence-corrected chi connectivity index (χ2v) is 11.8. The molecule has 0 saturated heterocycles. The van der Waals surface area contributed by atoms with Crippen molar-refractivity contribution in [2.24, 2.45) is 0 Å². The summed E-state index contributed by atoms with van der Waals surface area (Å²) in [6.45, 7) is 10.8.